The summed E-state index contributed by atoms with van der Waals surface area (Å²) in [6.07, 6.45) is 1.05. The van der Waals surface area contributed by atoms with E-state index in [1.165, 1.54) is 10.4 Å². The van der Waals surface area contributed by atoms with Gasteiger partial charge in [0.1, 0.15) is 0 Å². The van der Waals surface area contributed by atoms with Crippen LogP contribution < -0.4 is 5.32 Å². The van der Waals surface area contributed by atoms with Crippen molar-refractivity contribution in [3.8, 4) is 0 Å². The Kier molecular flexibility index (Phi) is 8.42. The molecule has 1 saturated heterocycles. The van der Waals surface area contributed by atoms with Crippen LogP contribution in [0.4, 0.5) is 0 Å². The molecule has 0 bridgehead atoms. The molecule has 1 fully saturated rings. The van der Waals surface area contributed by atoms with Crippen LogP contribution in [0.3, 0.4) is 0 Å². The van der Waals surface area contributed by atoms with E-state index in [4.69, 9.17) is 4.74 Å². The van der Waals surface area contributed by atoms with Gasteiger partial charge in [0.25, 0.3) is 0 Å². The number of aryl methyl sites for hydroxylation is 2. The van der Waals surface area contributed by atoms with E-state index in [1.807, 2.05) is 44.3 Å². The third-order valence-corrected chi connectivity index (χ3v) is 6.40. The molecular formula is C23H31N3O3S. The Bertz CT molecular complexity index is 802. The molecule has 1 aliphatic heterocycles. The quantitative estimate of drug-likeness (QED) is 0.666. The molecule has 6 nitrogen and oxygen atoms in total. The Morgan fingerprint density at radius 1 is 1.20 bits per heavy atom. The molecule has 2 aromatic rings. The molecule has 7 heteroatoms. The number of thiophene rings is 1. The SMILES string of the molecule is Cc1ccc(CCC(=O)NCC(=O)N(C)CC(c2cccs2)N2CCOCC2)cc1. The van der Waals surface area contributed by atoms with Crippen molar-refractivity contribution in [1.82, 2.24) is 15.1 Å². The van der Waals surface area contributed by atoms with E-state index in [0.717, 1.165) is 31.9 Å². The fourth-order valence-electron chi connectivity index (χ4n) is 3.53. The lowest BCUT2D eigenvalue weighted by atomic mass is 10.1. The van der Waals surface area contributed by atoms with Gasteiger partial charge < -0.3 is 15.0 Å². The summed E-state index contributed by atoms with van der Waals surface area (Å²) < 4.78 is 5.48. The third kappa shape index (κ3) is 6.65. The molecule has 1 unspecified atom stereocenters. The van der Waals surface area contributed by atoms with Gasteiger partial charge in [-0.15, -0.1) is 11.3 Å². The van der Waals surface area contributed by atoms with E-state index in [1.54, 1.807) is 16.2 Å². The van der Waals surface area contributed by atoms with Crippen LogP contribution >= 0.6 is 11.3 Å². The van der Waals surface area contributed by atoms with Crippen molar-refractivity contribution in [1.29, 1.82) is 0 Å². The Labute approximate surface area is 182 Å². The van der Waals surface area contributed by atoms with Crippen molar-refractivity contribution in [3.05, 3.63) is 57.8 Å². The van der Waals surface area contributed by atoms with Crippen molar-refractivity contribution < 1.29 is 14.3 Å². The van der Waals surface area contributed by atoms with Gasteiger partial charge in [-0.25, -0.2) is 0 Å². The van der Waals surface area contributed by atoms with E-state index in [9.17, 15) is 9.59 Å². The van der Waals surface area contributed by atoms with Crippen molar-refractivity contribution in [2.24, 2.45) is 0 Å². The second-order valence-electron chi connectivity index (χ2n) is 7.72. The fraction of sp³-hybridized carbons (Fsp3) is 0.478. The summed E-state index contributed by atoms with van der Waals surface area (Å²) in [6.45, 7) is 5.83. The highest BCUT2D eigenvalue weighted by atomic mass is 32.1. The first kappa shape index (κ1) is 22.5. The summed E-state index contributed by atoms with van der Waals surface area (Å²) in [6, 6.07) is 12.5. The topological polar surface area (TPSA) is 61.9 Å². The minimum Gasteiger partial charge on any atom is -0.379 e. The number of hydrogen-bond acceptors (Lipinski definition) is 5. The van der Waals surface area contributed by atoms with Crippen LogP contribution in [0.25, 0.3) is 0 Å². The average Bonchev–Trinajstić information content (AvgIpc) is 3.30. The molecule has 0 saturated carbocycles. The third-order valence-electron chi connectivity index (χ3n) is 5.43. The number of hydrogen-bond donors (Lipinski definition) is 1. The van der Waals surface area contributed by atoms with Gasteiger partial charge in [-0.1, -0.05) is 35.9 Å². The van der Waals surface area contributed by atoms with Crippen LogP contribution in [-0.4, -0.2) is 68.1 Å². The lowest BCUT2D eigenvalue weighted by molar-refractivity contribution is -0.132. The molecule has 1 aromatic heterocycles. The molecule has 0 aliphatic carbocycles. The molecular weight excluding hydrogens is 398 g/mol. The Hall–Kier alpha value is -2.22. The van der Waals surface area contributed by atoms with Gasteiger partial charge in [-0.2, -0.15) is 0 Å². The molecule has 3 rings (SSSR count). The number of carbonyl (C=O) groups excluding carboxylic acids is 2. The molecule has 162 valence electrons. The zero-order valence-electron chi connectivity index (χ0n) is 17.8. The van der Waals surface area contributed by atoms with E-state index in [-0.39, 0.29) is 24.4 Å². The molecule has 1 aromatic carbocycles. The number of nitrogens with zero attached hydrogens (tertiary/aromatic N) is 2. The van der Waals surface area contributed by atoms with Crippen LogP contribution in [-0.2, 0) is 20.7 Å². The van der Waals surface area contributed by atoms with E-state index in [0.29, 0.717) is 19.4 Å². The Morgan fingerprint density at radius 2 is 1.93 bits per heavy atom. The number of carbonyl (C=O) groups is 2. The van der Waals surface area contributed by atoms with E-state index >= 15 is 0 Å². The van der Waals surface area contributed by atoms with Crippen molar-refractivity contribution in [2.75, 3.05) is 46.4 Å². The van der Waals surface area contributed by atoms with Crippen molar-refractivity contribution in [3.63, 3.8) is 0 Å². The number of likely N-dealkylation sites (N-methyl/N-ethyl adjacent to an activating group) is 1. The van der Waals surface area contributed by atoms with Crippen LogP contribution in [0.1, 0.15) is 28.5 Å². The molecule has 1 atom stereocenters. The van der Waals surface area contributed by atoms with Gasteiger partial charge in [0, 0.05) is 38.0 Å². The monoisotopic (exact) mass is 429 g/mol. The first-order valence-corrected chi connectivity index (χ1v) is 11.3. The smallest absolute Gasteiger partial charge is 0.241 e. The Balaban J connectivity index is 1.46. The summed E-state index contributed by atoms with van der Waals surface area (Å²) in [5, 5.41) is 4.84. The molecule has 2 amide bonds. The first-order valence-electron chi connectivity index (χ1n) is 10.4. The molecule has 0 radical (unpaired) electrons. The van der Waals surface area contributed by atoms with Gasteiger partial charge in [0.2, 0.25) is 11.8 Å². The zero-order chi connectivity index (χ0) is 21.3. The number of ether oxygens (including phenoxy) is 1. The molecule has 0 spiro atoms. The predicted molar refractivity (Wildman–Crippen MR) is 120 cm³/mol. The maximum Gasteiger partial charge on any atom is 0.241 e. The highest BCUT2D eigenvalue weighted by molar-refractivity contribution is 7.10. The maximum atomic E-state index is 12.6. The highest BCUT2D eigenvalue weighted by Crippen LogP contribution is 2.26. The lowest BCUT2D eigenvalue weighted by Gasteiger charge is -2.36. The number of nitrogens with one attached hydrogen (secondary N) is 1. The van der Waals surface area contributed by atoms with Gasteiger partial charge in [-0.05, 0) is 30.4 Å². The maximum absolute atomic E-state index is 12.6. The Morgan fingerprint density at radius 3 is 2.60 bits per heavy atom. The number of benzene rings is 1. The molecule has 1 N–H and O–H groups in total. The van der Waals surface area contributed by atoms with Crippen LogP contribution in [0.15, 0.2) is 41.8 Å². The minimum absolute atomic E-state index is 0.0313. The number of amides is 2. The van der Waals surface area contributed by atoms with E-state index in [2.05, 4.69) is 21.7 Å². The molecule has 1 aliphatic rings. The van der Waals surface area contributed by atoms with Crippen LogP contribution in [0.2, 0.25) is 0 Å². The summed E-state index contributed by atoms with van der Waals surface area (Å²) >= 11 is 1.71. The molecule has 30 heavy (non-hydrogen) atoms. The summed E-state index contributed by atoms with van der Waals surface area (Å²) in [5.41, 5.74) is 2.33. The fourth-order valence-corrected chi connectivity index (χ4v) is 4.38. The summed E-state index contributed by atoms with van der Waals surface area (Å²) in [7, 11) is 1.81. The van der Waals surface area contributed by atoms with Crippen LogP contribution in [0.5, 0.6) is 0 Å². The predicted octanol–water partition coefficient (Wildman–Crippen LogP) is 2.64. The first-order chi connectivity index (χ1) is 14.5. The summed E-state index contributed by atoms with van der Waals surface area (Å²) in [5.74, 6) is -0.172. The summed E-state index contributed by atoms with van der Waals surface area (Å²) in [4.78, 5) is 30.1. The van der Waals surface area contributed by atoms with Gasteiger partial charge in [0.05, 0.1) is 25.8 Å². The van der Waals surface area contributed by atoms with Crippen molar-refractivity contribution >= 4 is 23.2 Å². The lowest BCUT2D eigenvalue weighted by Crippen LogP contribution is -2.46. The van der Waals surface area contributed by atoms with Gasteiger partial charge in [-0.3, -0.25) is 14.5 Å². The second-order valence-corrected chi connectivity index (χ2v) is 8.70. The largest absolute Gasteiger partial charge is 0.379 e. The zero-order valence-corrected chi connectivity index (χ0v) is 18.6. The number of morpholine rings is 1. The van der Waals surface area contributed by atoms with Crippen LogP contribution in [0, 0.1) is 6.92 Å². The van der Waals surface area contributed by atoms with Crippen molar-refractivity contribution in [2.45, 2.75) is 25.8 Å². The van der Waals surface area contributed by atoms with Gasteiger partial charge >= 0.3 is 0 Å². The normalized spacial score (nSPS) is 15.5. The number of rotatable bonds is 9. The average molecular weight is 430 g/mol. The molecule has 2 heterocycles. The van der Waals surface area contributed by atoms with Gasteiger partial charge in [0.15, 0.2) is 0 Å². The second kappa shape index (κ2) is 11.2. The standard InChI is InChI=1S/C23H31N3O3S/c1-18-5-7-19(8-6-18)9-10-22(27)24-16-23(28)25(2)17-20(21-4-3-15-30-21)26-11-13-29-14-12-26/h3-8,15,20H,9-14,16-17H2,1-2H3,(H,24,27). The minimum atomic E-state index is -0.0969. The highest BCUT2D eigenvalue weighted by Gasteiger charge is 2.26. The van der Waals surface area contributed by atoms with E-state index < -0.39 is 0 Å².